The number of thioether (sulfide) groups is 1. The normalized spacial score (nSPS) is 27.3. The Morgan fingerprint density at radius 1 is 1.10 bits per heavy atom. The van der Waals surface area contributed by atoms with Gasteiger partial charge in [0.2, 0.25) is 0 Å². The molecule has 0 bridgehead atoms. The maximum atomic E-state index is 3.86. The minimum atomic E-state index is 0.497. The number of nitrogens with one attached hydrogen (secondary N) is 1. The SMILES string of the molecule is CSC1CCC(NC(C)c2ccc3c(c2)CCC3)CC1. The molecular formula is C18H27NS. The van der Waals surface area contributed by atoms with Crippen molar-refractivity contribution >= 4 is 11.8 Å². The summed E-state index contributed by atoms with van der Waals surface area (Å²) in [6.45, 7) is 2.33. The van der Waals surface area contributed by atoms with E-state index in [0.717, 1.165) is 11.3 Å². The molecule has 1 saturated carbocycles. The molecule has 110 valence electrons. The van der Waals surface area contributed by atoms with Gasteiger partial charge in [0.05, 0.1) is 0 Å². The number of aryl methyl sites for hydroxylation is 2. The average Bonchev–Trinajstić information content (AvgIpc) is 2.95. The molecule has 1 N–H and O–H groups in total. The van der Waals surface area contributed by atoms with Gasteiger partial charge < -0.3 is 5.32 Å². The largest absolute Gasteiger partial charge is 0.307 e. The van der Waals surface area contributed by atoms with Gasteiger partial charge in [-0.05, 0) is 74.8 Å². The summed E-state index contributed by atoms with van der Waals surface area (Å²) >= 11 is 2.05. The third kappa shape index (κ3) is 3.23. The molecule has 2 aliphatic rings. The molecule has 0 aromatic heterocycles. The predicted octanol–water partition coefficient (Wildman–Crippen LogP) is 4.50. The summed E-state index contributed by atoms with van der Waals surface area (Å²) in [5.74, 6) is 0. The second-order valence-electron chi connectivity index (χ2n) is 6.48. The third-order valence-electron chi connectivity index (χ3n) is 5.12. The minimum absolute atomic E-state index is 0.497. The van der Waals surface area contributed by atoms with Gasteiger partial charge in [-0.3, -0.25) is 0 Å². The highest BCUT2D eigenvalue weighted by Gasteiger charge is 2.22. The molecule has 0 heterocycles. The molecule has 0 aliphatic heterocycles. The summed E-state index contributed by atoms with van der Waals surface area (Å²) in [5.41, 5.74) is 4.67. The molecule has 1 fully saturated rings. The zero-order valence-corrected chi connectivity index (χ0v) is 13.6. The first-order chi connectivity index (χ1) is 9.76. The minimum Gasteiger partial charge on any atom is -0.307 e. The summed E-state index contributed by atoms with van der Waals surface area (Å²) in [6, 6.07) is 8.38. The van der Waals surface area contributed by atoms with Crippen LogP contribution in [-0.4, -0.2) is 17.5 Å². The van der Waals surface area contributed by atoms with Crippen LogP contribution < -0.4 is 5.32 Å². The van der Waals surface area contributed by atoms with Crippen molar-refractivity contribution in [3.63, 3.8) is 0 Å². The summed E-state index contributed by atoms with van der Waals surface area (Å²) in [6.07, 6.45) is 11.6. The number of rotatable bonds is 4. The van der Waals surface area contributed by atoms with Crippen LogP contribution in [0, 0.1) is 0 Å². The lowest BCUT2D eigenvalue weighted by Crippen LogP contribution is -2.35. The van der Waals surface area contributed by atoms with E-state index < -0.39 is 0 Å². The molecule has 0 spiro atoms. The Labute approximate surface area is 127 Å². The second-order valence-corrected chi connectivity index (χ2v) is 7.62. The Morgan fingerprint density at radius 3 is 2.60 bits per heavy atom. The smallest absolute Gasteiger partial charge is 0.0294 e. The van der Waals surface area contributed by atoms with Crippen molar-refractivity contribution in [1.29, 1.82) is 0 Å². The van der Waals surface area contributed by atoms with Gasteiger partial charge in [-0.1, -0.05) is 18.2 Å². The van der Waals surface area contributed by atoms with E-state index in [1.165, 1.54) is 50.5 Å². The molecule has 3 rings (SSSR count). The fourth-order valence-electron chi connectivity index (χ4n) is 3.78. The summed E-state index contributed by atoms with van der Waals surface area (Å²) in [4.78, 5) is 0. The number of hydrogen-bond acceptors (Lipinski definition) is 2. The van der Waals surface area contributed by atoms with E-state index in [-0.39, 0.29) is 0 Å². The molecule has 1 nitrogen and oxygen atoms in total. The van der Waals surface area contributed by atoms with Gasteiger partial charge in [-0.25, -0.2) is 0 Å². The van der Waals surface area contributed by atoms with Crippen LogP contribution >= 0.6 is 11.8 Å². The van der Waals surface area contributed by atoms with Gasteiger partial charge in [-0.2, -0.15) is 11.8 Å². The second kappa shape index (κ2) is 6.53. The maximum absolute atomic E-state index is 3.86. The third-order valence-corrected chi connectivity index (χ3v) is 6.25. The first-order valence-electron chi connectivity index (χ1n) is 8.17. The fraction of sp³-hybridized carbons (Fsp3) is 0.667. The first kappa shape index (κ1) is 14.5. The van der Waals surface area contributed by atoms with Gasteiger partial charge in [0.15, 0.2) is 0 Å². The lowest BCUT2D eigenvalue weighted by Gasteiger charge is -2.30. The van der Waals surface area contributed by atoms with Crippen LogP contribution in [0.3, 0.4) is 0 Å². The highest BCUT2D eigenvalue weighted by Crippen LogP contribution is 2.29. The van der Waals surface area contributed by atoms with E-state index in [1.54, 1.807) is 11.1 Å². The van der Waals surface area contributed by atoms with Gasteiger partial charge >= 0.3 is 0 Å². The molecule has 2 aliphatic carbocycles. The van der Waals surface area contributed by atoms with Gasteiger partial charge in [-0.15, -0.1) is 0 Å². The molecule has 1 atom stereocenters. The quantitative estimate of drug-likeness (QED) is 0.876. The van der Waals surface area contributed by atoms with Crippen LogP contribution in [0.1, 0.15) is 61.8 Å². The van der Waals surface area contributed by atoms with Crippen molar-refractivity contribution in [2.75, 3.05) is 6.26 Å². The molecule has 2 heteroatoms. The molecule has 1 unspecified atom stereocenters. The first-order valence-corrected chi connectivity index (χ1v) is 9.45. The van der Waals surface area contributed by atoms with Crippen molar-refractivity contribution in [1.82, 2.24) is 5.32 Å². The van der Waals surface area contributed by atoms with E-state index in [4.69, 9.17) is 0 Å². The van der Waals surface area contributed by atoms with Crippen LogP contribution in [0.15, 0.2) is 18.2 Å². The lowest BCUT2D eigenvalue weighted by molar-refractivity contribution is 0.352. The topological polar surface area (TPSA) is 12.0 Å². The van der Waals surface area contributed by atoms with Gasteiger partial charge in [0, 0.05) is 17.3 Å². The van der Waals surface area contributed by atoms with Crippen molar-refractivity contribution in [2.45, 2.75) is 69.2 Å². The van der Waals surface area contributed by atoms with Crippen LogP contribution in [0.2, 0.25) is 0 Å². The molecule has 0 amide bonds. The standard InChI is InChI=1S/C18H27NS/c1-13(19-17-8-10-18(20-2)11-9-17)15-7-6-14-4-3-5-16(14)12-15/h6-7,12-13,17-19H,3-5,8-11H2,1-2H3. The van der Waals surface area contributed by atoms with Crippen molar-refractivity contribution in [2.24, 2.45) is 0 Å². The zero-order chi connectivity index (χ0) is 13.9. The summed E-state index contributed by atoms with van der Waals surface area (Å²) in [7, 11) is 0. The van der Waals surface area contributed by atoms with E-state index in [2.05, 4.69) is 36.7 Å². The summed E-state index contributed by atoms with van der Waals surface area (Å²) < 4.78 is 0. The van der Waals surface area contributed by atoms with Gasteiger partial charge in [0.25, 0.3) is 0 Å². The van der Waals surface area contributed by atoms with Gasteiger partial charge in [0.1, 0.15) is 0 Å². The van der Waals surface area contributed by atoms with Crippen LogP contribution in [0.4, 0.5) is 0 Å². The molecule has 0 saturated heterocycles. The number of hydrogen-bond donors (Lipinski definition) is 1. The Balaban J connectivity index is 1.58. The van der Waals surface area contributed by atoms with Crippen LogP contribution in [0.25, 0.3) is 0 Å². The van der Waals surface area contributed by atoms with Crippen LogP contribution in [0.5, 0.6) is 0 Å². The Kier molecular flexibility index (Phi) is 4.72. The Morgan fingerprint density at radius 2 is 1.85 bits per heavy atom. The van der Waals surface area contributed by atoms with E-state index in [1.807, 2.05) is 11.8 Å². The van der Waals surface area contributed by atoms with E-state index in [0.29, 0.717) is 6.04 Å². The molecule has 20 heavy (non-hydrogen) atoms. The van der Waals surface area contributed by atoms with Crippen molar-refractivity contribution < 1.29 is 0 Å². The van der Waals surface area contributed by atoms with Crippen LogP contribution in [-0.2, 0) is 12.8 Å². The highest BCUT2D eigenvalue weighted by atomic mass is 32.2. The number of benzene rings is 1. The molecule has 1 aromatic rings. The Bertz CT molecular complexity index is 449. The zero-order valence-electron chi connectivity index (χ0n) is 12.8. The maximum Gasteiger partial charge on any atom is 0.0294 e. The molecule has 1 aromatic carbocycles. The van der Waals surface area contributed by atoms with Crippen molar-refractivity contribution in [3.05, 3.63) is 34.9 Å². The lowest BCUT2D eigenvalue weighted by atomic mass is 9.93. The predicted molar refractivity (Wildman–Crippen MR) is 89.6 cm³/mol. The number of fused-ring (bicyclic) bond motifs is 1. The Hall–Kier alpha value is -0.470. The summed E-state index contributed by atoms with van der Waals surface area (Å²) in [5, 5.41) is 4.77. The fourth-order valence-corrected chi connectivity index (χ4v) is 4.52. The van der Waals surface area contributed by atoms with Crippen molar-refractivity contribution in [3.8, 4) is 0 Å². The average molecular weight is 289 g/mol. The van der Waals surface area contributed by atoms with E-state index >= 15 is 0 Å². The highest BCUT2D eigenvalue weighted by molar-refractivity contribution is 7.99. The van der Waals surface area contributed by atoms with E-state index in [9.17, 15) is 0 Å². The monoisotopic (exact) mass is 289 g/mol. The molecular weight excluding hydrogens is 262 g/mol. The molecule has 0 radical (unpaired) electrons.